The lowest BCUT2D eigenvalue weighted by Crippen LogP contribution is -2.44. The third-order valence-electron chi connectivity index (χ3n) is 3.89. The van der Waals surface area contributed by atoms with E-state index in [1.165, 1.54) is 7.11 Å². The number of aliphatic hydroxyl groups excluding tert-OH is 2. The molecule has 1 aliphatic rings. The lowest BCUT2D eigenvalue weighted by Gasteiger charge is -2.35. The number of esters is 1. The quantitative estimate of drug-likeness (QED) is 0.820. The van der Waals surface area contributed by atoms with Crippen LogP contribution < -0.4 is 0 Å². The number of rotatable bonds is 4. The van der Waals surface area contributed by atoms with Gasteiger partial charge in [0.25, 0.3) is 0 Å². The molecule has 2 N–H and O–H groups in total. The predicted octanol–water partition coefficient (Wildman–Crippen LogP) is 1.30. The van der Waals surface area contributed by atoms with Crippen molar-refractivity contribution in [3.05, 3.63) is 34.3 Å². The van der Waals surface area contributed by atoms with Crippen LogP contribution in [0.2, 0.25) is 5.02 Å². The van der Waals surface area contributed by atoms with Crippen LogP contribution in [0.25, 0.3) is 0 Å². The fourth-order valence-corrected chi connectivity index (χ4v) is 2.89. The van der Waals surface area contributed by atoms with E-state index in [-0.39, 0.29) is 12.5 Å². The number of methoxy groups -OCH3 is 1. The van der Waals surface area contributed by atoms with Crippen molar-refractivity contribution in [2.45, 2.75) is 19.1 Å². The number of benzene rings is 1. The first-order chi connectivity index (χ1) is 10.1. The zero-order valence-corrected chi connectivity index (χ0v) is 12.7. The van der Waals surface area contributed by atoms with Crippen LogP contribution in [0, 0.1) is 5.92 Å². The van der Waals surface area contributed by atoms with Crippen molar-refractivity contribution < 1.29 is 19.7 Å². The molecule has 1 saturated heterocycles. The molecular formula is C15H20ClNO4. The molecule has 21 heavy (non-hydrogen) atoms. The summed E-state index contributed by atoms with van der Waals surface area (Å²) in [6.07, 6.45) is 0.169. The van der Waals surface area contributed by atoms with Crippen molar-refractivity contribution in [3.63, 3.8) is 0 Å². The van der Waals surface area contributed by atoms with Crippen molar-refractivity contribution in [1.29, 1.82) is 0 Å². The zero-order chi connectivity index (χ0) is 15.4. The summed E-state index contributed by atoms with van der Waals surface area (Å²) in [6, 6.07) is 5.28. The topological polar surface area (TPSA) is 70.0 Å². The number of aliphatic hydroxyl groups is 2. The number of carbonyl (C=O) groups excluding carboxylic acids is 1. The van der Waals surface area contributed by atoms with Crippen LogP contribution in [-0.4, -0.2) is 54.0 Å². The van der Waals surface area contributed by atoms with E-state index in [1.54, 1.807) is 12.1 Å². The highest BCUT2D eigenvalue weighted by molar-refractivity contribution is 6.34. The smallest absolute Gasteiger partial charge is 0.339 e. The Balaban J connectivity index is 2.11. The molecule has 2 atom stereocenters. The number of hydrogen-bond donors (Lipinski definition) is 2. The molecule has 116 valence electrons. The Hall–Kier alpha value is -1.14. The lowest BCUT2D eigenvalue weighted by atomic mass is 9.95. The molecule has 0 aliphatic carbocycles. The van der Waals surface area contributed by atoms with Gasteiger partial charge in [0.1, 0.15) is 0 Å². The Morgan fingerprint density at radius 3 is 2.95 bits per heavy atom. The fraction of sp³-hybridized carbons (Fsp3) is 0.533. The van der Waals surface area contributed by atoms with Gasteiger partial charge in [0.15, 0.2) is 0 Å². The van der Waals surface area contributed by atoms with E-state index in [1.807, 2.05) is 6.07 Å². The summed E-state index contributed by atoms with van der Waals surface area (Å²) in [5.41, 5.74) is 1.19. The van der Waals surface area contributed by atoms with Crippen LogP contribution in [0.4, 0.5) is 0 Å². The van der Waals surface area contributed by atoms with Gasteiger partial charge in [-0.2, -0.15) is 0 Å². The summed E-state index contributed by atoms with van der Waals surface area (Å²) >= 11 is 6.27. The molecule has 0 saturated carbocycles. The van der Waals surface area contributed by atoms with Crippen molar-refractivity contribution in [1.82, 2.24) is 4.90 Å². The van der Waals surface area contributed by atoms with Crippen LogP contribution >= 0.6 is 11.6 Å². The molecule has 1 aliphatic heterocycles. The molecule has 0 aromatic heterocycles. The first kappa shape index (κ1) is 16.2. The van der Waals surface area contributed by atoms with Crippen LogP contribution in [0.1, 0.15) is 22.3 Å². The van der Waals surface area contributed by atoms with E-state index >= 15 is 0 Å². The molecular weight excluding hydrogens is 294 g/mol. The summed E-state index contributed by atoms with van der Waals surface area (Å²) < 4.78 is 4.71. The number of ether oxygens (including phenoxy) is 1. The molecule has 1 heterocycles. The summed E-state index contributed by atoms with van der Waals surface area (Å²) in [4.78, 5) is 13.8. The molecule has 0 spiro atoms. The molecule has 0 amide bonds. The van der Waals surface area contributed by atoms with E-state index in [0.29, 0.717) is 30.1 Å². The van der Waals surface area contributed by atoms with E-state index in [4.69, 9.17) is 16.3 Å². The second kappa shape index (κ2) is 7.22. The average Bonchev–Trinajstić information content (AvgIpc) is 2.50. The number of carbonyl (C=O) groups is 1. The van der Waals surface area contributed by atoms with E-state index in [0.717, 1.165) is 12.1 Å². The highest BCUT2D eigenvalue weighted by atomic mass is 35.5. The van der Waals surface area contributed by atoms with E-state index in [9.17, 15) is 15.0 Å². The number of piperidine rings is 1. The SMILES string of the molecule is COC(=O)c1cccc(CN2CCC(O)C(CO)C2)c1Cl. The van der Waals surface area contributed by atoms with E-state index in [2.05, 4.69) is 4.90 Å². The third-order valence-corrected chi connectivity index (χ3v) is 4.34. The summed E-state index contributed by atoms with van der Waals surface area (Å²) in [5.74, 6) is -0.592. The molecule has 2 unspecified atom stereocenters. The average molecular weight is 314 g/mol. The zero-order valence-electron chi connectivity index (χ0n) is 12.0. The van der Waals surface area contributed by atoms with Crippen LogP contribution in [-0.2, 0) is 11.3 Å². The maximum atomic E-state index is 11.6. The van der Waals surface area contributed by atoms with Crippen molar-refractivity contribution in [2.75, 3.05) is 26.8 Å². The normalized spacial score (nSPS) is 23.0. The molecule has 1 fully saturated rings. The van der Waals surface area contributed by atoms with Gasteiger partial charge in [-0.15, -0.1) is 0 Å². The van der Waals surface area contributed by atoms with Crippen molar-refractivity contribution in [3.8, 4) is 0 Å². The lowest BCUT2D eigenvalue weighted by molar-refractivity contribution is -0.00200. The van der Waals surface area contributed by atoms with Crippen molar-refractivity contribution in [2.24, 2.45) is 5.92 Å². The highest BCUT2D eigenvalue weighted by Crippen LogP contribution is 2.25. The number of halogens is 1. The molecule has 0 radical (unpaired) electrons. The predicted molar refractivity (Wildman–Crippen MR) is 79.3 cm³/mol. The first-order valence-electron chi connectivity index (χ1n) is 6.93. The largest absolute Gasteiger partial charge is 0.465 e. The second-order valence-corrected chi connectivity index (χ2v) is 5.68. The van der Waals surface area contributed by atoms with Gasteiger partial charge in [-0.05, 0) is 18.1 Å². The Labute approximate surface area is 129 Å². The van der Waals surface area contributed by atoms with Crippen molar-refractivity contribution >= 4 is 17.6 Å². The number of hydrogen-bond acceptors (Lipinski definition) is 5. The van der Waals surface area contributed by atoms with Gasteiger partial charge in [-0.3, -0.25) is 4.90 Å². The molecule has 1 aromatic carbocycles. The van der Waals surface area contributed by atoms with Gasteiger partial charge >= 0.3 is 5.97 Å². The van der Waals surface area contributed by atoms with Crippen LogP contribution in [0.5, 0.6) is 0 Å². The molecule has 2 rings (SSSR count). The summed E-state index contributed by atoms with van der Waals surface area (Å²) in [7, 11) is 1.32. The monoisotopic (exact) mass is 313 g/mol. The molecule has 5 nitrogen and oxygen atoms in total. The molecule has 6 heteroatoms. The van der Waals surface area contributed by atoms with Gasteiger partial charge in [0.2, 0.25) is 0 Å². The Morgan fingerprint density at radius 1 is 1.52 bits per heavy atom. The number of nitrogens with zero attached hydrogens (tertiary/aromatic N) is 1. The van der Waals surface area contributed by atoms with Gasteiger partial charge in [0.05, 0.1) is 23.8 Å². The van der Waals surface area contributed by atoms with E-state index < -0.39 is 12.1 Å². The standard InChI is InChI=1S/C15H20ClNO4/c1-21-15(20)12-4-2-3-10(14(12)16)7-17-6-5-13(19)11(8-17)9-18/h2-4,11,13,18-19H,5-9H2,1H3. The summed E-state index contributed by atoms with van der Waals surface area (Å²) in [5, 5.41) is 19.5. The Kier molecular flexibility index (Phi) is 5.58. The maximum absolute atomic E-state index is 11.6. The van der Waals surface area contributed by atoms with Gasteiger partial charge < -0.3 is 14.9 Å². The maximum Gasteiger partial charge on any atom is 0.339 e. The second-order valence-electron chi connectivity index (χ2n) is 5.30. The number of likely N-dealkylation sites (tertiary alicyclic amines) is 1. The fourth-order valence-electron chi connectivity index (χ4n) is 2.63. The van der Waals surface area contributed by atoms with Gasteiger partial charge in [-0.25, -0.2) is 4.79 Å². The van der Waals surface area contributed by atoms with Gasteiger partial charge in [0, 0.05) is 32.2 Å². The summed E-state index contributed by atoms with van der Waals surface area (Å²) in [6.45, 7) is 1.88. The minimum Gasteiger partial charge on any atom is -0.465 e. The van der Waals surface area contributed by atoms with Gasteiger partial charge in [-0.1, -0.05) is 23.7 Å². The Morgan fingerprint density at radius 2 is 2.29 bits per heavy atom. The molecule has 0 bridgehead atoms. The highest BCUT2D eigenvalue weighted by Gasteiger charge is 2.27. The first-order valence-corrected chi connectivity index (χ1v) is 7.31. The third kappa shape index (κ3) is 3.74. The minimum atomic E-state index is -0.455. The van der Waals surface area contributed by atoms with Crippen LogP contribution in [0.15, 0.2) is 18.2 Å². The Bertz CT molecular complexity index is 508. The molecule has 1 aromatic rings. The van der Waals surface area contributed by atoms with Crippen LogP contribution in [0.3, 0.4) is 0 Å². The minimum absolute atomic E-state index is 0.0341.